The van der Waals surface area contributed by atoms with Crippen molar-refractivity contribution >= 4 is 6.08 Å². The first-order valence-electron chi connectivity index (χ1n) is 3.23. The van der Waals surface area contributed by atoms with Gasteiger partial charge in [-0.05, 0) is 12.1 Å². The Balaban J connectivity index is 2.70. The third-order valence-electron chi connectivity index (χ3n) is 1.20. The Kier molecular flexibility index (Phi) is 2.60. The van der Waals surface area contributed by atoms with Gasteiger partial charge in [-0.25, -0.2) is 0 Å². The molecule has 64 valence electrons. The zero-order valence-corrected chi connectivity index (χ0v) is 6.14. The summed E-state index contributed by atoms with van der Waals surface area (Å²) in [5.41, 5.74) is 0. The number of nitrogens with zero attached hydrogens (tertiary/aromatic N) is 1. The Hall–Kier alpha value is -1.62. The van der Waals surface area contributed by atoms with Gasteiger partial charge >= 0.3 is 0 Å². The minimum atomic E-state index is -0.582. The smallest absolute Gasteiger partial charge is 0.238 e. The molecule has 0 aliphatic heterocycles. The summed E-state index contributed by atoms with van der Waals surface area (Å²) in [5.74, 6) is 0.744. The fourth-order valence-electron chi connectivity index (χ4n) is 0.703. The van der Waals surface area contributed by atoms with Crippen molar-refractivity contribution in [2.75, 3.05) is 0 Å². The highest BCUT2D eigenvalue weighted by Crippen LogP contribution is 2.08. The third kappa shape index (κ3) is 2.21. The van der Waals surface area contributed by atoms with Gasteiger partial charge in [0.05, 0.1) is 11.0 Å². The van der Waals surface area contributed by atoms with Crippen LogP contribution in [0.1, 0.15) is 11.5 Å². The van der Waals surface area contributed by atoms with Crippen LogP contribution in [0.3, 0.4) is 0 Å². The highest BCUT2D eigenvalue weighted by atomic mass is 16.6. The minimum absolute atomic E-state index is 0.202. The topological polar surface area (TPSA) is 76.5 Å². The highest BCUT2D eigenvalue weighted by molar-refractivity contribution is 5.41. The van der Waals surface area contributed by atoms with Gasteiger partial charge in [-0.1, -0.05) is 0 Å². The minimum Gasteiger partial charge on any atom is -0.459 e. The van der Waals surface area contributed by atoms with Gasteiger partial charge in [-0.15, -0.1) is 0 Å². The van der Waals surface area contributed by atoms with Gasteiger partial charge in [0, 0.05) is 0 Å². The molecular weight excluding hydrogens is 162 g/mol. The number of aliphatic hydroxyl groups is 1. The van der Waals surface area contributed by atoms with Crippen molar-refractivity contribution in [1.29, 1.82) is 0 Å². The highest BCUT2D eigenvalue weighted by Gasteiger charge is 1.97. The van der Waals surface area contributed by atoms with E-state index in [9.17, 15) is 10.1 Å². The van der Waals surface area contributed by atoms with E-state index in [4.69, 9.17) is 9.52 Å². The fourth-order valence-corrected chi connectivity index (χ4v) is 0.703. The zero-order valence-electron chi connectivity index (χ0n) is 6.14. The summed E-state index contributed by atoms with van der Waals surface area (Å²) in [6.07, 6.45) is 2.00. The number of furan rings is 1. The zero-order chi connectivity index (χ0) is 8.97. The molecule has 0 aromatic carbocycles. The third-order valence-corrected chi connectivity index (χ3v) is 1.20. The van der Waals surface area contributed by atoms with Crippen LogP contribution < -0.4 is 0 Å². The summed E-state index contributed by atoms with van der Waals surface area (Å²) in [6.45, 7) is -0.202. The van der Waals surface area contributed by atoms with Crippen LogP contribution in [-0.2, 0) is 6.61 Å². The van der Waals surface area contributed by atoms with Gasteiger partial charge in [-0.2, -0.15) is 0 Å². The summed E-state index contributed by atoms with van der Waals surface area (Å²) in [7, 11) is 0. The normalized spacial score (nSPS) is 10.8. The molecule has 1 aromatic heterocycles. The molecule has 1 heterocycles. The van der Waals surface area contributed by atoms with Crippen LogP contribution >= 0.6 is 0 Å². The number of hydrogen-bond acceptors (Lipinski definition) is 4. The molecule has 0 bridgehead atoms. The van der Waals surface area contributed by atoms with Crippen LogP contribution in [0.25, 0.3) is 6.08 Å². The van der Waals surface area contributed by atoms with E-state index in [2.05, 4.69) is 0 Å². The van der Waals surface area contributed by atoms with Crippen molar-refractivity contribution < 1.29 is 14.4 Å². The van der Waals surface area contributed by atoms with Crippen molar-refractivity contribution in [1.82, 2.24) is 0 Å². The summed E-state index contributed by atoms with van der Waals surface area (Å²) in [5, 5.41) is 18.5. The monoisotopic (exact) mass is 169 g/mol. The molecule has 0 saturated heterocycles. The largest absolute Gasteiger partial charge is 0.459 e. The second kappa shape index (κ2) is 3.68. The number of rotatable bonds is 3. The Labute approximate surface area is 68.1 Å². The lowest BCUT2D eigenvalue weighted by Gasteiger charge is -1.84. The van der Waals surface area contributed by atoms with Crippen molar-refractivity contribution in [3.8, 4) is 0 Å². The molecule has 12 heavy (non-hydrogen) atoms. The Morgan fingerprint density at radius 1 is 1.67 bits per heavy atom. The van der Waals surface area contributed by atoms with Gasteiger partial charge in [0.15, 0.2) is 0 Å². The lowest BCUT2D eigenvalue weighted by atomic mass is 10.4. The molecule has 0 aliphatic carbocycles. The second-order valence-corrected chi connectivity index (χ2v) is 2.06. The molecule has 0 aliphatic rings. The van der Waals surface area contributed by atoms with E-state index in [-0.39, 0.29) is 6.61 Å². The van der Waals surface area contributed by atoms with Gasteiger partial charge in [0.25, 0.3) is 0 Å². The maximum Gasteiger partial charge on any atom is 0.238 e. The van der Waals surface area contributed by atoms with Crippen LogP contribution in [0.15, 0.2) is 22.7 Å². The first-order valence-corrected chi connectivity index (χ1v) is 3.23. The van der Waals surface area contributed by atoms with E-state index in [1.54, 1.807) is 12.1 Å². The molecule has 0 unspecified atom stereocenters. The van der Waals surface area contributed by atoms with Gasteiger partial charge in [-0.3, -0.25) is 10.1 Å². The lowest BCUT2D eigenvalue weighted by Crippen LogP contribution is -1.81. The maximum atomic E-state index is 9.88. The fraction of sp³-hybridized carbons (Fsp3) is 0.143. The SMILES string of the molecule is O=[N+]([O-])/C=C/c1ccc(CO)o1. The van der Waals surface area contributed by atoms with Crippen LogP contribution in [-0.4, -0.2) is 10.0 Å². The van der Waals surface area contributed by atoms with Crippen LogP contribution in [0.5, 0.6) is 0 Å². The quantitative estimate of drug-likeness (QED) is 0.541. The lowest BCUT2D eigenvalue weighted by molar-refractivity contribution is -0.401. The molecular formula is C7H7NO4. The van der Waals surface area contributed by atoms with E-state index in [0.29, 0.717) is 11.5 Å². The molecule has 0 spiro atoms. The van der Waals surface area contributed by atoms with Crippen molar-refractivity contribution in [2.24, 2.45) is 0 Å². The second-order valence-electron chi connectivity index (χ2n) is 2.06. The average Bonchev–Trinajstić information content (AvgIpc) is 2.48. The van der Waals surface area contributed by atoms with Crippen LogP contribution in [0.4, 0.5) is 0 Å². The van der Waals surface area contributed by atoms with Gasteiger partial charge < -0.3 is 9.52 Å². The Bertz CT molecular complexity index is 302. The van der Waals surface area contributed by atoms with Crippen molar-refractivity contribution in [2.45, 2.75) is 6.61 Å². The first kappa shape index (κ1) is 8.48. The summed E-state index contributed by atoms with van der Waals surface area (Å²) < 4.78 is 4.94. The van der Waals surface area contributed by atoms with E-state index in [1.807, 2.05) is 0 Å². The van der Waals surface area contributed by atoms with Crippen LogP contribution in [0, 0.1) is 10.1 Å². The van der Waals surface area contributed by atoms with Crippen LogP contribution in [0.2, 0.25) is 0 Å². The van der Waals surface area contributed by atoms with E-state index in [1.165, 1.54) is 6.08 Å². The molecule has 5 nitrogen and oxygen atoms in total. The summed E-state index contributed by atoms with van der Waals surface area (Å²) in [4.78, 5) is 9.29. The van der Waals surface area contributed by atoms with Crippen molar-refractivity contribution in [3.05, 3.63) is 40.0 Å². The Morgan fingerprint density at radius 2 is 2.42 bits per heavy atom. The van der Waals surface area contributed by atoms with Crippen molar-refractivity contribution in [3.63, 3.8) is 0 Å². The average molecular weight is 169 g/mol. The molecule has 1 aromatic rings. The predicted octanol–water partition coefficient (Wildman–Crippen LogP) is 1.02. The first-order chi connectivity index (χ1) is 5.72. The van der Waals surface area contributed by atoms with E-state index < -0.39 is 4.92 Å². The number of aliphatic hydroxyl groups excluding tert-OH is 1. The molecule has 1 N–H and O–H groups in total. The van der Waals surface area contributed by atoms with Gasteiger partial charge in [0.1, 0.15) is 18.1 Å². The predicted molar refractivity (Wildman–Crippen MR) is 40.7 cm³/mol. The van der Waals surface area contributed by atoms with E-state index in [0.717, 1.165) is 6.20 Å². The number of nitro groups is 1. The molecule has 0 amide bonds. The molecule has 5 heteroatoms. The summed E-state index contributed by atoms with van der Waals surface area (Å²) >= 11 is 0. The molecule has 0 fully saturated rings. The molecule has 0 saturated carbocycles. The maximum absolute atomic E-state index is 9.88. The Morgan fingerprint density at radius 3 is 2.92 bits per heavy atom. The van der Waals surface area contributed by atoms with E-state index >= 15 is 0 Å². The summed E-state index contributed by atoms with van der Waals surface area (Å²) in [6, 6.07) is 3.10. The van der Waals surface area contributed by atoms with Gasteiger partial charge in [0.2, 0.25) is 6.20 Å². The molecule has 0 atom stereocenters. The number of hydrogen-bond donors (Lipinski definition) is 1. The molecule has 1 rings (SSSR count). The molecule has 0 radical (unpaired) electrons. The standard InChI is InChI=1S/C7H7NO4/c9-5-7-2-1-6(12-7)3-4-8(10)11/h1-4,9H,5H2/b4-3+.